The van der Waals surface area contributed by atoms with E-state index in [0.29, 0.717) is 12.7 Å². The molecule has 0 aromatic carbocycles. The van der Waals surface area contributed by atoms with Crippen molar-refractivity contribution in [1.29, 1.82) is 0 Å². The van der Waals surface area contributed by atoms with Gasteiger partial charge in [-0.2, -0.15) is 0 Å². The zero-order valence-corrected chi connectivity index (χ0v) is 7.92. The molecule has 1 fully saturated rings. The number of nitrogens with two attached hydrogens (primary N) is 2. The van der Waals surface area contributed by atoms with Crippen LogP contribution in [-0.4, -0.2) is 23.2 Å². The van der Waals surface area contributed by atoms with E-state index in [1.54, 1.807) is 16.4 Å². The zero-order valence-electron chi connectivity index (χ0n) is 5.40. The Hall–Kier alpha value is 0.840. The first-order valence-corrected chi connectivity index (χ1v) is 6.73. The van der Waals surface area contributed by atoms with Crippen LogP contribution in [0.25, 0.3) is 0 Å². The third-order valence-electron chi connectivity index (χ3n) is 1.09. The topological polar surface area (TPSA) is 64.5 Å². The van der Waals surface area contributed by atoms with Gasteiger partial charge in [0.1, 0.15) is 13.2 Å². The molecule has 0 aliphatic carbocycles. The van der Waals surface area contributed by atoms with Gasteiger partial charge in [-0.1, -0.05) is 0 Å². The quantitative estimate of drug-likeness (QED) is 0.582. The number of nitrogens with zero attached hydrogens (tertiary/aromatic N) is 1. The van der Waals surface area contributed by atoms with Gasteiger partial charge in [0.15, 0.2) is 0 Å². The lowest BCUT2D eigenvalue weighted by Crippen LogP contribution is -2.33. The van der Waals surface area contributed by atoms with E-state index < -0.39 is 6.49 Å². The highest BCUT2D eigenvalue weighted by atomic mass is 32.4. The largest absolute Gasteiger partial charge is 0.355 e. The Morgan fingerprint density at radius 1 is 1.60 bits per heavy atom. The van der Waals surface area contributed by atoms with Gasteiger partial charge in [-0.05, 0) is 11.8 Å². The van der Waals surface area contributed by atoms with Gasteiger partial charge in [-0.3, -0.25) is 11.0 Å². The van der Waals surface area contributed by atoms with Gasteiger partial charge in [0.25, 0.3) is 0 Å². The summed E-state index contributed by atoms with van der Waals surface area (Å²) in [6.07, 6.45) is 0. The number of hydrogen-bond donors (Lipinski definition) is 2. The van der Waals surface area contributed by atoms with Gasteiger partial charge in [-0.25, -0.2) is 4.67 Å². The molecule has 0 bridgehead atoms. The van der Waals surface area contributed by atoms with Crippen molar-refractivity contribution in [3.8, 4) is 0 Å². The maximum Gasteiger partial charge on any atom is 0.137 e. The molecule has 0 aromatic rings. The van der Waals surface area contributed by atoms with E-state index in [-0.39, 0.29) is 0 Å². The van der Waals surface area contributed by atoms with Crippen molar-refractivity contribution >= 4 is 30.1 Å². The fraction of sp³-hybridized carbons (Fsp3) is 1.00. The lowest BCUT2D eigenvalue weighted by molar-refractivity contribution is 0.106. The number of rotatable bonds is 1. The van der Waals surface area contributed by atoms with Crippen molar-refractivity contribution in [2.75, 3.05) is 18.5 Å². The number of thioether (sulfide) groups is 1. The fourth-order valence-electron chi connectivity index (χ4n) is 0.562. The molecule has 0 spiro atoms. The SMILES string of the molecule is NP(N)(=S)N1COCSC1. The average molecular weight is 199 g/mol. The van der Waals surface area contributed by atoms with Crippen molar-refractivity contribution in [2.45, 2.75) is 0 Å². The molecule has 4 N–H and O–H groups in total. The van der Waals surface area contributed by atoms with Gasteiger partial charge < -0.3 is 4.74 Å². The number of ether oxygens (including phenoxy) is 1. The minimum Gasteiger partial charge on any atom is -0.355 e. The van der Waals surface area contributed by atoms with Crippen molar-refractivity contribution in [3.63, 3.8) is 0 Å². The first-order valence-electron chi connectivity index (χ1n) is 2.69. The van der Waals surface area contributed by atoms with E-state index in [4.69, 9.17) is 27.6 Å². The first-order chi connectivity index (χ1) is 4.61. The minimum absolute atomic E-state index is 0.483. The molecule has 1 saturated heterocycles. The Morgan fingerprint density at radius 2 is 2.30 bits per heavy atom. The van der Waals surface area contributed by atoms with Gasteiger partial charge in [-0.15, -0.1) is 11.8 Å². The third-order valence-corrected chi connectivity index (χ3v) is 3.94. The summed E-state index contributed by atoms with van der Waals surface area (Å²) >= 11 is 6.54. The van der Waals surface area contributed by atoms with Crippen LogP contribution in [0.3, 0.4) is 0 Å². The lowest BCUT2D eigenvalue weighted by atomic mass is 11.1. The predicted octanol–water partition coefficient (Wildman–Crippen LogP) is 0.0662. The van der Waals surface area contributed by atoms with Gasteiger partial charge >= 0.3 is 0 Å². The first kappa shape index (κ1) is 8.93. The fourth-order valence-corrected chi connectivity index (χ4v) is 2.91. The van der Waals surface area contributed by atoms with Crippen LogP contribution < -0.4 is 11.0 Å². The second-order valence-corrected chi connectivity index (χ2v) is 6.53. The Kier molecular flexibility index (Phi) is 3.12. The molecule has 0 amide bonds. The summed E-state index contributed by atoms with van der Waals surface area (Å²) in [4.78, 5) is 0. The van der Waals surface area contributed by atoms with E-state index >= 15 is 0 Å². The van der Waals surface area contributed by atoms with Crippen LogP contribution in [0.2, 0.25) is 0 Å². The summed E-state index contributed by atoms with van der Waals surface area (Å²) in [5.74, 6) is 1.51. The molecular formula is C3H10N3OPS2. The Bertz CT molecular complexity index is 154. The maximum atomic E-state index is 5.55. The van der Waals surface area contributed by atoms with Crippen molar-refractivity contribution < 1.29 is 4.74 Å². The highest BCUT2D eigenvalue weighted by Crippen LogP contribution is 2.35. The highest BCUT2D eigenvalue weighted by molar-refractivity contribution is 8.11. The Labute approximate surface area is 69.4 Å². The Morgan fingerprint density at radius 3 is 2.60 bits per heavy atom. The molecule has 1 aliphatic rings. The second-order valence-electron chi connectivity index (χ2n) is 1.96. The van der Waals surface area contributed by atoms with E-state index in [1.165, 1.54) is 0 Å². The summed E-state index contributed by atoms with van der Waals surface area (Å²) in [6.45, 7) is -1.74. The molecule has 1 rings (SSSR count). The second kappa shape index (κ2) is 3.49. The molecule has 0 unspecified atom stereocenters. The molecule has 1 aliphatic heterocycles. The summed E-state index contributed by atoms with van der Waals surface area (Å²) in [5, 5.41) is 0. The van der Waals surface area contributed by atoms with Gasteiger partial charge in [0.05, 0.1) is 11.8 Å². The third kappa shape index (κ3) is 2.47. The molecule has 60 valence electrons. The molecule has 0 radical (unpaired) electrons. The average Bonchev–Trinajstić information content (AvgIpc) is 1.88. The van der Waals surface area contributed by atoms with Crippen LogP contribution in [0.5, 0.6) is 0 Å². The van der Waals surface area contributed by atoms with Crippen LogP contribution >= 0.6 is 18.3 Å². The summed E-state index contributed by atoms with van der Waals surface area (Å²) < 4.78 is 6.90. The van der Waals surface area contributed by atoms with Gasteiger partial charge in [0, 0.05) is 0 Å². The molecule has 0 atom stereocenters. The van der Waals surface area contributed by atoms with Crippen LogP contribution in [0.15, 0.2) is 0 Å². The Balaban J connectivity index is 2.47. The van der Waals surface area contributed by atoms with Crippen LogP contribution in [-0.2, 0) is 16.5 Å². The predicted molar refractivity (Wildman–Crippen MR) is 47.8 cm³/mol. The van der Waals surface area contributed by atoms with Crippen molar-refractivity contribution in [2.24, 2.45) is 11.0 Å². The van der Waals surface area contributed by atoms with E-state index in [0.717, 1.165) is 5.88 Å². The standard InChI is InChI=1S/C3H10N3OPS2/c4-8(5,9)6-1-7-3-10-2-6/h1-3H2,(H4,4,5,9). The molecule has 1 heterocycles. The maximum absolute atomic E-state index is 5.55. The zero-order chi connectivity index (χ0) is 7.61. The van der Waals surface area contributed by atoms with Gasteiger partial charge in [0.2, 0.25) is 0 Å². The minimum atomic E-state index is -2.22. The van der Waals surface area contributed by atoms with E-state index in [9.17, 15) is 0 Å². The molecule has 0 aromatic heterocycles. The highest BCUT2D eigenvalue weighted by Gasteiger charge is 2.19. The van der Waals surface area contributed by atoms with Crippen LogP contribution in [0.4, 0.5) is 0 Å². The summed E-state index contributed by atoms with van der Waals surface area (Å²) in [6, 6.07) is 0. The molecule has 10 heavy (non-hydrogen) atoms. The summed E-state index contributed by atoms with van der Waals surface area (Å²) in [5.41, 5.74) is 11.1. The van der Waals surface area contributed by atoms with Crippen LogP contribution in [0.1, 0.15) is 0 Å². The van der Waals surface area contributed by atoms with E-state index in [2.05, 4.69) is 0 Å². The lowest BCUT2D eigenvalue weighted by Gasteiger charge is -2.30. The molecule has 4 nitrogen and oxygen atoms in total. The van der Waals surface area contributed by atoms with Crippen LogP contribution in [0, 0.1) is 0 Å². The van der Waals surface area contributed by atoms with E-state index in [1.807, 2.05) is 0 Å². The molecule has 7 heteroatoms. The normalized spacial score (nSPS) is 23.0. The molecular weight excluding hydrogens is 189 g/mol. The summed E-state index contributed by atoms with van der Waals surface area (Å²) in [7, 11) is 0. The monoisotopic (exact) mass is 199 g/mol. The number of hydrogen-bond acceptors (Lipinski definition) is 3. The van der Waals surface area contributed by atoms with Crippen molar-refractivity contribution in [1.82, 2.24) is 4.67 Å². The van der Waals surface area contributed by atoms with Crippen molar-refractivity contribution in [3.05, 3.63) is 0 Å². The molecule has 0 saturated carbocycles. The smallest absolute Gasteiger partial charge is 0.137 e.